The van der Waals surface area contributed by atoms with E-state index < -0.39 is 0 Å². The van der Waals surface area contributed by atoms with Crippen LogP contribution in [0.5, 0.6) is 0 Å². The largest absolute Gasteiger partial charge is 0.357 e. The van der Waals surface area contributed by atoms with Crippen molar-refractivity contribution in [2.45, 2.75) is 25.7 Å². The maximum Gasteiger partial charge on any atom is 0.329 e. The Hall–Kier alpha value is -3.08. The SMILES string of the molecule is Cn1c(N2CCC(Cc3ccccc3)CC2)c(Cc2ccccc2)c(=O)[nH]c1=O. The first-order valence-electron chi connectivity index (χ1n) is 10.3. The highest BCUT2D eigenvalue weighted by molar-refractivity contribution is 5.49. The van der Waals surface area contributed by atoms with Crippen LogP contribution in [0, 0.1) is 5.92 Å². The molecule has 1 fully saturated rings. The molecule has 29 heavy (non-hydrogen) atoms. The third-order valence-electron chi connectivity index (χ3n) is 5.89. The Labute approximate surface area is 170 Å². The standard InChI is InChI=1S/C24H27N3O2/c1-26-23(21(22(28)25-24(26)29)17-19-10-6-3-7-11-19)27-14-12-20(13-15-27)16-18-8-4-2-5-9-18/h2-11,20H,12-17H2,1H3,(H,25,28,29). The molecule has 3 aromatic rings. The Kier molecular flexibility index (Phi) is 5.65. The molecule has 1 N–H and O–H groups in total. The summed E-state index contributed by atoms with van der Waals surface area (Å²) in [5.41, 5.74) is 2.47. The maximum absolute atomic E-state index is 12.7. The average Bonchev–Trinajstić information content (AvgIpc) is 2.75. The Morgan fingerprint density at radius 2 is 1.48 bits per heavy atom. The lowest BCUT2D eigenvalue weighted by Gasteiger charge is -2.35. The summed E-state index contributed by atoms with van der Waals surface area (Å²) in [7, 11) is 1.75. The fourth-order valence-electron chi connectivity index (χ4n) is 4.32. The monoisotopic (exact) mass is 389 g/mol. The number of H-pyrrole nitrogens is 1. The highest BCUT2D eigenvalue weighted by Crippen LogP contribution is 2.27. The highest BCUT2D eigenvalue weighted by atomic mass is 16.2. The second kappa shape index (κ2) is 8.52. The van der Waals surface area contributed by atoms with Gasteiger partial charge in [-0.15, -0.1) is 0 Å². The van der Waals surface area contributed by atoms with Gasteiger partial charge in [-0.3, -0.25) is 14.3 Å². The minimum Gasteiger partial charge on any atom is -0.357 e. The minimum atomic E-state index is -0.353. The third kappa shape index (κ3) is 4.34. The molecular formula is C24H27N3O2. The van der Waals surface area contributed by atoms with Gasteiger partial charge in [-0.05, 0) is 36.3 Å². The molecule has 150 valence electrons. The Morgan fingerprint density at radius 1 is 0.897 bits per heavy atom. The number of hydrogen-bond donors (Lipinski definition) is 1. The van der Waals surface area contributed by atoms with Gasteiger partial charge >= 0.3 is 5.69 Å². The van der Waals surface area contributed by atoms with Crippen LogP contribution in [0.1, 0.15) is 29.5 Å². The van der Waals surface area contributed by atoms with E-state index in [2.05, 4.69) is 34.1 Å². The van der Waals surface area contributed by atoms with E-state index in [0.717, 1.165) is 43.7 Å². The number of aromatic nitrogens is 2. The second-order valence-electron chi connectivity index (χ2n) is 7.90. The predicted molar refractivity (Wildman–Crippen MR) is 117 cm³/mol. The summed E-state index contributed by atoms with van der Waals surface area (Å²) in [5.74, 6) is 1.39. The van der Waals surface area contributed by atoms with Crippen molar-refractivity contribution in [1.82, 2.24) is 9.55 Å². The van der Waals surface area contributed by atoms with Gasteiger partial charge in [-0.25, -0.2) is 4.79 Å². The van der Waals surface area contributed by atoms with E-state index in [4.69, 9.17) is 0 Å². The van der Waals surface area contributed by atoms with Crippen molar-refractivity contribution in [2.24, 2.45) is 13.0 Å². The molecule has 2 aromatic carbocycles. The minimum absolute atomic E-state index is 0.279. The number of aromatic amines is 1. The van der Waals surface area contributed by atoms with Crippen LogP contribution in [0.2, 0.25) is 0 Å². The molecule has 4 rings (SSSR count). The number of piperidine rings is 1. The fraction of sp³-hybridized carbons (Fsp3) is 0.333. The Balaban J connectivity index is 1.56. The molecule has 1 saturated heterocycles. The van der Waals surface area contributed by atoms with E-state index in [9.17, 15) is 9.59 Å². The summed E-state index contributed by atoms with van der Waals surface area (Å²) < 4.78 is 1.59. The van der Waals surface area contributed by atoms with Gasteiger partial charge in [0.1, 0.15) is 5.82 Å². The van der Waals surface area contributed by atoms with Gasteiger partial charge in [0.05, 0.1) is 5.56 Å². The Bertz CT molecular complexity index is 1060. The fourth-order valence-corrected chi connectivity index (χ4v) is 4.32. The summed E-state index contributed by atoms with van der Waals surface area (Å²) in [6.07, 6.45) is 3.71. The van der Waals surface area contributed by atoms with Gasteiger partial charge in [-0.2, -0.15) is 0 Å². The number of nitrogens with one attached hydrogen (secondary N) is 1. The Morgan fingerprint density at radius 3 is 2.10 bits per heavy atom. The summed E-state index contributed by atoms with van der Waals surface area (Å²) in [5, 5.41) is 0. The zero-order valence-electron chi connectivity index (χ0n) is 16.8. The summed E-state index contributed by atoms with van der Waals surface area (Å²) in [4.78, 5) is 29.7. The number of rotatable bonds is 5. The van der Waals surface area contributed by atoms with Crippen LogP contribution in [-0.2, 0) is 19.9 Å². The van der Waals surface area contributed by atoms with Gasteiger partial charge < -0.3 is 4.90 Å². The zero-order valence-corrected chi connectivity index (χ0v) is 16.8. The first-order chi connectivity index (χ1) is 14.1. The van der Waals surface area contributed by atoms with Crippen LogP contribution in [0.25, 0.3) is 0 Å². The summed E-state index contributed by atoms with van der Waals surface area (Å²) in [6, 6.07) is 20.5. The van der Waals surface area contributed by atoms with E-state index in [1.807, 2.05) is 36.4 Å². The lowest BCUT2D eigenvalue weighted by molar-refractivity contribution is 0.399. The van der Waals surface area contributed by atoms with Crippen molar-refractivity contribution < 1.29 is 0 Å². The van der Waals surface area contributed by atoms with Crippen molar-refractivity contribution >= 4 is 5.82 Å². The smallest absolute Gasteiger partial charge is 0.329 e. The van der Waals surface area contributed by atoms with Crippen molar-refractivity contribution in [2.75, 3.05) is 18.0 Å². The van der Waals surface area contributed by atoms with Gasteiger partial charge in [-0.1, -0.05) is 60.7 Å². The molecule has 0 aliphatic carbocycles. The quantitative estimate of drug-likeness (QED) is 0.729. The van der Waals surface area contributed by atoms with Crippen molar-refractivity contribution in [3.05, 3.63) is 98.2 Å². The van der Waals surface area contributed by atoms with Gasteiger partial charge in [0.2, 0.25) is 0 Å². The molecule has 2 heterocycles. The van der Waals surface area contributed by atoms with E-state index in [0.29, 0.717) is 17.9 Å². The molecule has 5 heteroatoms. The van der Waals surface area contributed by atoms with Crippen LogP contribution in [0.3, 0.4) is 0 Å². The number of hydrogen-bond acceptors (Lipinski definition) is 3. The van der Waals surface area contributed by atoms with Crippen LogP contribution in [0.4, 0.5) is 5.82 Å². The van der Waals surface area contributed by atoms with E-state index in [-0.39, 0.29) is 11.2 Å². The number of nitrogens with zero attached hydrogens (tertiary/aromatic N) is 2. The molecule has 0 saturated carbocycles. The molecule has 0 unspecified atom stereocenters. The van der Waals surface area contributed by atoms with Gasteiger partial charge in [0.25, 0.3) is 5.56 Å². The van der Waals surface area contributed by atoms with E-state index >= 15 is 0 Å². The highest BCUT2D eigenvalue weighted by Gasteiger charge is 2.25. The van der Waals surface area contributed by atoms with Crippen LogP contribution in [0.15, 0.2) is 70.3 Å². The maximum atomic E-state index is 12.7. The molecule has 0 radical (unpaired) electrons. The van der Waals surface area contributed by atoms with Crippen LogP contribution >= 0.6 is 0 Å². The van der Waals surface area contributed by atoms with Gasteiger partial charge in [0, 0.05) is 26.6 Å². The number of benzene rings is 2. The molecular weight excluding hydrogens is 362 g/mol. The normalized spacial score (nSPS) is 14.9. The van der Waals surface area contributed by atoms with Gasteiger partial charge in [0.15, 0.2) is 0 Å². The molecule has 0 bridgehead atoms. The molecule has 0 amide bonds. The van der Waals surface area contributed by atoms with Crippen LogP contribution < -0.4 is 16.1 Å². The third-order valence-corrected chi connectivity index (χ3v) is 5.89. The average molecular weight is 389 g/mol. The second-order valence-corrected chi connectivity index (χ2v) is 7.90. The molecule has 1 aliphatic heterocycles. The topological polar surface area (TPSA) is 58.1 Å². The first kappa shape index (κ1) is 19.2. The summed E-state index contributed by atoms with van der Waals surface area (Å²) >= 11 is 0. The van der Waals surface area contributed by atoms with Crippen molar-refractivity contribution in [3.63, 3.8) is 0 Å². The molecule has 0 atom stereocenters. The molecule has 0 spiro atoms. The summed E-state index contributed by atoms with van der Waals surface area (Å²) in [6.45, 7) is 1.71. The molecule has 1 aromatic heterocycles. The van der Waals surface area contributed by atoms with E-state index in [1.165, 1.54) is 5.56 Å². The lowest BCUT2D eigenvalue weighted by Crippen LogP contribution is -2.42. The van der Waals surface area contributed by atoms with Crippen LogP contribution in [-0.4, -0.2) is 22.6 Å². The number of anilines is 1. The first-order valence-corrected chi connectivity index (χ1v) is 10.3. The van der Waals surface area contributed by atoms with E-state index in [1.54, 1.807) is 11.6 Å². The predicted octanol–water partition coefficient (Wildman–Crippen LogP) is 3.12. The van der Waals surface area contributed by atoms with Crippen molar-refractivity contribution in [3.8, 4) is 0 Å². The molecule has 5 nitrogen and oxygen atoms in total. The van der Waals surface area contributed by atoms with Crippen molar-refractivity contribution in [1.29, 1.82) is 0 Å². The lowest BCUT2D eigenvalue weighted by atomic mass is 9.90. The molecule has 1 aliphatic rings. The zero-order chi connectivity index (χ0) is 20.2.